The summed E-state index contributed by atoms with van der Waals surface area (Å²) < 4.78 is 64.5. The van der Waals surface area contributed by atoms with Gasteiger partial charge in [0.15, 0.2) is 4.90 Å². The number of nitro benzene ring substituents is 1. The van der Waals surface area contributed by atoms with Gasteiger partial charge in [-0.3, -0.25) is 10.1 Å². The van der Waals surface area contributed by atoms with Crippen LogP contribution < -0.4 is 0 Å². The molecule has 146 valence electrons. The van der Waals surface area contributed by atoms with Crippen LogP contribution in [-0.2, 0) is 20.0 Å². The second-order valence-corrected chi connectivity index (χ2v) is 9.68. The number of nitrogens with zero attached hydrogens (tertiary/aromatic N) is 2. The average Bonchev–Trinajstić information content (AvgIpc) is 2.58. The van der Waals surface area contributed by atoms with Gasteiger partial charge in [0.05, 0.1) is 17.2 Å². The molecule has 0 bridgehead atoms. The van der Waals surface area contributed by atoms with E-state index in [0.29, 0.717) is 11.8 Å². The fourth-order valence-corrected chi connectivity index (χ4v) is 6.32. The predicted molar refractivity (Wildman–Crippen MR) is 96.9 cm³/mol. The number of hydrogen-bond donors (Lipinski definition) is 0. The Hall–Kier alpha value is -2.37. The molecule has 0 aliphatic carbocycles. The molecule has 1 unspecified atom stereocenters. The Labute approximate surface area is 156 Å². The average molecular weight is 416 g/mol. The highest BCUT2D eigenvalue weighted by Crippen LogP contribution is 2.34. The van der Waals surface area contributed by atoms with Gasteiger partial charge in [-0.1, -0.05) is 45.7 Å². The predicted octanol–water partition coefficient (Wildman–Crippen LogP) is 2.56. The summed E-state index contributed by atoms with van der Waals surface area (Å²) in [5, 5.41) is 11.2. The molecule has 0 fully saturated rings. The highest BCUT2D eigenvalue weighted by Gasteiger charge is 2.42. The van der Waals surface area contributed by atoms with Crippen LogP contribution in [0.25, 0.3) is 0 Å². The lowest BCUT2D eigenvalue weighted by molar-refractivity contribution is -0.387. The molecule has 0 radical (unpaired) electrons. The molecule has 2 rings (SSSR count). The summed E-state index contributed by atoms with van der Waals surface area (Å²) in [6.45, 7) is 0.344. The summed E-state index contributed by atoms with van der Waals surface area (Å²) in [6.07, 6.45) is 0.609. The van der Waals surface area contributed by atoms with E-state index in [0.717, 1.165) is 12.1 Å². The van der Waals surface area contributed by atoms with Crippen LogP contribution in [0, 0.1) is 17.0 Å². The van der Waals surface area contributed by atoms with Crippen LogP contribution in [-0.4, -0.2) is 38.4 Å². The van der Waals surface area contributed by atoms with E-state index in [1.807, 2.05) is 0 Å². The molecule has 1 atom stereocenters. The fraction of sp³-hybridized carbons (Fsp3) is 0.250. The molecule has 0 amide bonds. The number of nitro groups is 1. The first-order valence-corrected chi connectivity index (χ1v) is 10.9. The standard InChI is InChI=1S/C16H17FN2O6S2/c1-12-6-5-7-13(10-12)15(11-17)19(26(2,22)23)27(24,25)16-9-4-3-8-14(16)18(20)21/h3-10,15H,11H2,1-2H3. The van der Waals surface area contributed by atoms with Crippen molar-refractivity contribution in [3.8, 4) is 0 Å². The summed E-state index contributed by atoms with van der Waals surface area (Å²) in [4.78, 5) is 9.43. The molecule has 0 aliphatic heterocycles. The van der Waals surface area contributed by atoms with Gasteiger partial charge >= 0.3 is 0 Å². The monoisotopic (exact) mass is 416 g/mol. The van der Waals surface area contributed by atoms with E-state index < -0.39 is 48.3 Å². The number of para-hydroxylation sites is 1. The smallest absolute Gasteiger partial charge is 0.258 e. The Morgan fingerprint density at radius 2 is 1.74 bits per heavy atom. The van der Waals surface area contributed by atoms with Crippen molar-refractivity contribution in [2.75, 3.05) is 12.9 Å². The second kappa shape index (κ2) is 7.71. The maximum atomic E-state index is 13.9. The summed E-state index contributed by atoms with van der Waals surface area (Å²) in [6, 6.07) is 8.69. The van der Waals surface area contributed by atoms with E-state index in [4.69, 9.17) is 0 Å². The van der Waals surface area contributed by atoms with E-state index >= 15 is 0 Å². The van der Waals surface area contributed by atoms with Crippen LogP contribution in [0.3, 0.4) is 0 Å². The Kier molecular flexibility index (Phi) is 5.97. The zero-order valence-corrected chi connectivity index (χ0v) is 16.1. The highest BCUT2D eigenvalue weighted by molar-refractivity contribution is 8.03. The van der Waals surface area contributed by atoms with E-state index in [1.165, 1.54) is 30.3 Å². The van der Waals surface area contributed by atoms with E-state index in [-0.39, 0.29) is 9.27 Å². The third kappa shape index (κ3) is 4.31. The summed E-state index contributed by atoms with van der Waals surface area (Å²) in [5.74, 6) is 0. The van der Waals surface area contributed by atoms with Crippen LogP contribution in [0.1, 0.15) is 17.2 Å². The lowest BCUT2D eigenvalue weighted by atomic mass is 10.1. The van der Waals surface area contributed by atoms with Crippen LogP contribution in [0.5, 0.6) is 0 Å². The van der Waals surface area contributed by atoms with Crippen LogP contribution in [0.15, 0.2) is 53.4 Å². The molecule has 0 spiro atoms. The van der Waals surface area contributed by atoms with Crippen molar-refractivity contribution in [1.29, 1.82) is 0 Å². The van der Waals surface area contributed by atoms with Crippen molar-refractivity contribution >= 4 is 25.7 Å². The molecule has 0 saturated carbocycles. The van der Waals surface area contributed by atoms with Crippen molar-refractivity contribution in [2.24, 2.45) is 0 Å². The second-order valence-electron chi connectivity index (χ2n) is 5.80. The molecule has 27 heavy (non-hydrogen) atoms. The molecule has 2 aromatic carbocycles. The normalized spacial score (nSPS) is 13.5. The Morgan fingerprint density at radius 3 is 2.26 bits per heavy atom. The number of alkyl halides is 1. The summed E-state index contributed by atoms with van der Waals surface area (Å²) >= 11 is 0. The molecule has 0 aliphatic rings. The van der Waals surface area contributed by atoms with Gasteiger partial charge in [-0.25, -0.2) is 21.2 Å². The topological polar surface area (TPSA) is 115 Å². The van der Waals surface area contributed by atoms with Crippen LogP contribution in [0.4, 0.5) is 10.1 Å². The summed E-state index contributed by atoms with van der Waals surface area (Å²) in [5.41, 5.74) is -0.0134. The van der Waals surface area contributed by atoms with Gasteiger partial charge in [-0.15, -0.1) is 0 Å². The third-order valence-corrected chi connectivity index (χ3v) is 7.67. The van der Waals surface area contributed by atoms with E-state index in [1.54, 1.807) is 13.0 Å². The van der Waals surface area contributed by atoms with Gasteiger partial charge in [0.1, 0.15) is 6.67 Å². The minimum Gasteiger partial charge on any atom is -0.258 e. The van der Waals surface area contributed by atoms with Crippen LogP contribution >= 0.6 is 0 Å². The number of benzene rings is 2. The molecular weight excluding hydrogens is 399 g/mol. The van der Waals surface area contributed by atoms with Crippen LogP contribution in [0.2, 0.25) is 0 Å². The highest BCUT2D eigenvalue weighted by atomic mass is 32.3. The third-order valence-electron chi connectivity index (χ3n) is 3.73. The molecule has 11 heteroatoms. The number of sulfonamides is 2. The first-order chi connectivity index (χ1) is 12.5. The molecule has 0 saturated heterocycles. The molecule has 0 N–H and O–H groups in total. The van der Waals surface area contributed by atoms with Gasteiger partial charge in [0.2, 0.25) is 10.0 Å². The molecule has 2 aromatic rings. The van der Waals surface area contributed by atoms with Gasteiger partial charge in [0.25, 0.3) is 15.7 Å². The van der Waals surface area contributed by atoms with Crippen molar-refractivity contribution in [3.63, 3.8) is 0 Å². The quantitative estimate of drug-likeness (QED) is 0.506. The van der Waals surface area contributed by atoms with Crippen molar-refractivity contribution in [3.05, 3.63) is 69.8 Å². The Balaban J connectivity index is 2.75. The zero-order chi connectivity index (χ0) is 20.4. The van der Waals surface area contributed by atoms with E-state index in [2.05, 4.69) is 0 Å². The minimum atomic E-state index is -4.94. The number of halogens is 1. The van der Waals surface area contributed by atoms with Crippen molar-refractivity contribution in [1.82, 2.24) is 3.71 Å². The molecule has 8 nitrogen and oxygen atoms in total. The Morgan fingerprint density at radius 1 is 1.11 bits per heavy atom. The number of hydrogen-bond acceptors (Lipinski definition) is 6. The maximum Gasteiger partial charge on any atom is 0.289 e. The number of rotatable bonds is 7. The minimum absolute atomic E-state index is 0.00287. The van der Waals surface area contributed by atoms with Crippen molar-refractivity contribution < 1.29 is 26.1 Å². The first-order valence-electron chi connectivity index (χ1n) is 7.60. The maximum absolute atomic E-state index is 13.9. The zero-order valence-electron chi connectivity index (χ0n) is 14.4. The molecule has 0 heterocycles. The number of aryl methyl sites for hydroxylation is 1. The van der Waals surface area contributed by atoms with Gasteiger partial charge in [-0.2, -0.15) is 0 Å². The van der Waals surface area contributed by atoms with Crippen molar-refractivity contribution in [2.45, 2.75) is 17.9 Å². The first kappa shape index (κ1) is 20.9. The molecular formula is C16H17FN2O6S2. The van der Waals surface area contributed by atoms with Gasteiger partial charge in [0, 0.05) is 6.07 Å². The van der Waals surface area contributed by atoms with E-state index in [9.17, 15) is 31.3 Å². The Bertz CT molecular complexity index is 1070. The van der Waals surface area contributed by atoms with Gasteiger partial charge < -0.3 is 0 Å². The lowest BCUT2D eigenvalue weighted by Crippen LogP contribution is -2.40. The SMILES string of the molecule is Cc1cccc(C(CF)N(S(C)(=O)=O)S(=O)(=O)c2ccccc2[N+](=O)[O-])c1. The van der Waals surface area contributed by atoms with Gasteiger partial charge in [-0.05, 0) is 18.6 Å². The summed E-state index contributed by atoms with van der Waals surface area (Å²) in [7, 11) is -9.45. The molecule has 0 aromatic heterocycles. The fourth-order valence-electron chi connectivity index (χ4n) is 2.64. The lowest BCUT2D eigenvalue weighted by Gasteiger charge is -2.27. The largest absolute Gasteiger partial charge is 0.289 e.